The van der Waals surface area contributed by atoms with Gasteiger partial charge in [0.25, 0.3) is 0 Å². The van der Waals surface area contributed by atoms with Crippen molar-refractivity contribution in [3.05, 3.63) is 29.3 Å². The summed E-state index contributed by atoms with van der Waals surface area (Å²) in [6.07, 6.45) is -2.20. The average Bonchev–Trinajstić information content (AvgIpc) is 2.40. The van der Waals surface area contributed by atoms with Gasteiger partial charge in [-0.05, 0) is 37.5 Å². The highest BCUT2D eigenvalue weighted by atomic mass is 19.4. The first-order valence-electron chi connectivity index (χ1n) is 7.03. The molecule has 2 rings (SSSR count). The van der Waals surface area contributed by atoms with Gasteiger partial charge in [-0.25, -0.2) is 0 Å². The van der Waals surface area contributed by atoms with E-state index < -0.39 is 24.0 Å². The van der Waals surface area contributed by atoms with Gasteiger partial charge < -0.3 is 11.1 Å². The van der Waals surface area contributed by atoms with Crippen LogP contribution in [0.5, 0.6) is 0 Å². The van der Waals surface area contributed by atoms with Crippen molar-refractivity contribution in [3.63, 3.8) is 0 Å². The number of alkyl halides is 3. The third-order valence-corrected chi connectivity index (χ3v) is 4.13. The number of nitrogens with two attached hydrogens (primary N) is 1. The maximum Gasteiger partial charge on any atom is 0.393 e. The van der Waals surface area contributed by atoms with E-state index in [1.807, 2.05) is 0 Å². The molecule has 1 fully saturated rings. The van der Waals surface area contributed by atoms with Crippen LogP contribution in [-0.2, 0) is 0 Å². The van der Waals surface area contributed by atoms with Gasteiger partial charge in [0, 0.05) is 17.3 Å². The second-order valence-corrected chi connectivity index (χ2v) is 5.53. The fourth-order valence-corrected chi connectivity index (χ4v) is 2.95. The molecule has 3 nitrogen and oxygen atoms in total. The summed E-state index contributed by atoms with van der Waals surface area (Å²) in [5.41, 5.74) is 6.74. The van der Waals surface area contributed by atoms with E-state index in [0.29, 0.717) is 29.7 Å². The molecule has 0 saturated heterocycles. The molecule has 21 heavy (non-hydrogen) atoms. The molecule has 1 aliphatic carbocycles. The van der Waals surface area contributed by atoms with Crippen molar-refractivity contribution in [2.24, 2.45) is 11.7 Å². The molecule has 0 heterocycles. The van der Waals surface area contributed by atoms with Gasteiger partial charge in [-0.3, -0.25) is 4.79 Å². The minimum absolute atomic E-state index is 0.149. The Kier molecular flexibility index (Phi) is 4.44. The van der Waals surface area contributed by atoms with Crippen LogP contribution in [0.25, 0.3) is 0 Å². The predicted octanol–water partition coefficient (Wildman–Crippen LogP) is 3.63. The van der Waals surface area contributed by atoms with E-state index in [0.717, 1.165) is 6.42 Å². The van der Waals surface area contributed by atoms with Crippen LogP contribution in [-0.4, -0.2) is 18.1 Å². The highest BCUT2D eigenvalue weighted by Crippen LogP contribution is 2.39. The van der Waals surface area contributed by atoms with Crippen LogP contribution in [0.15, 0.2) is 18.2 Å². The Morgan fingerprint density at radius 3 is 2.57 bits per heavy atom. The summed E-state index contributed by atoms with van der Waals surface area (Å²) in [5, 5.41) is 2.97. The van der Waals surface area contributed by atoms with Crippen LogP contribution in [0.4, 0.5) is 18.9 Å². The molecule has 1 aliphatic rings. The number of halogens is 3. The van der Waals surface area contributed by atoms with Crippen molar-refractivity contribution in [3.8, 4) is 0 Å². The molecular formula is C15H19F3N2O. The molecule has 1 aromatic carbocycles. The van der Waals surface area contributed by atoms with Gasteiger partial charge in [-0.15, -0.1) is 0 Å². The zero-order chi connectivity index (χ0) is 15.6. The van der Waals surface area contributed by atoms with E-state index in [1.54, 1.807) is 25.1 Å². The number of carbonyl (C=O) groups is 1. The Morgan fingerprint density at radius 2 is 1.95 bits per heavy atom. The first-order valence-corrected chi connectivity index (χ1v) is 7.03. The number of anilines is 1. The third-order valence-electron chi connectivity index (χ3n) is 4.13. The summed E-state index contributed by atoms with van der Waals surface area (Å²) in [7, 11) is 0. The molecule has 0 spiro atoms. The van der Waals surface area contributed by atoms with Gasteiger partial charge in [0.15, 0.2) is 0 Å². The summed E-state index contributed by atoms with van der Waals surface area (Å²) < 4.78 is 39.3. The van der Waals surface area contributed by atoms with Crippen LogP contribution >= 0.6 is 0 Å². The lowest BCUT2D eigenvalue weighted by atomic mass is 9.83. The van der Waals surface area contributed by atoms with Crippen LogP contribution < -0.4 is 11.1 Å². The van der Waals surface area contributed by atoms with Gasteiger partial charge in [-0.1, -0.05) is 18.9 Å². The second kappa shape index (κ2) is 5.95. The molecule has 0 radical (unpaired) electrons. The Bertz CT molecular complexity index is 528. The molecule has 0 bridgehead atoms. The largest absolute Gasteiger partial charge is 0.393 e. The average molecular weight is 300 g/mol. The van der Waals surface area contributed by atoms with Crippen molar-refractivity contribution in [2.45, 2.75) is 44.8 Å². The van der Waals surface area contributed by atoms with E-state index >= 15 is 0 Å². The van der Waals surface area contributed by atoms with Crippen LogP contribution in [0.2, 0.25) is 0 Å². The van der Waals surface area contributed by atoms with Crippen LogP contribution in [0.1, 0.15) is 41.6 Å². The predicted molar refractivity (Wildman–Crippen MR) is 75.1 cm³/mol. The lowest BCUT2D eigenvalue weighted by Gasteiger charge is -2.34. The number of carbonyl (C=O) groups excluding carboxylic acids is 1. The van der Waals surface area contributed by atoms with Gasteiger partial charge in [-0.2, -0.15) is 13.2 Å². The maximum atomic E-state index is 13.1. The molecule has 1 amide bonds. The number of benzene rings is 1. The summed E-state index contributed by atoms with van der Waals surface area (Å²) in [6, 6.07) is 4.23. The normalized spacial score (nSPS) is 22.9. The van der Waals surface area contributed by atoms with Crippen molar-refractivity contribution < 1.29 is 18.0 Å². The SMILES string of the molecule is Cc1c(NC2CCCCC2C(F)(F)F)cccc1C(N)=O. The van der Waals surface area contributed by atoms with E-state index in [9.17, 15) is 18.0 Å². The van der Waals surface area contributed by atoms with Crippen molar-refractivity contribution >= 4 is 11.6 Å². The second-order valence-electron chi connectivity index (χ2n) is 5.53. The number of rotatable bonds is 3. The number of hydrogen-bond acceptors (Lipinski definition) is 2. The monoisotopic (exact) mass is 300 g/mol. The van der Waals surface area contributed by atoms with E-state index in [4.69, 9.17) is 5.73 Å². The zero-order valence-corrected chi connectivity index (χ0v) is 11.8. The van der Waals surface area contributed by atoms with Crippen LogP contribution in [0, 0.1) is 12.8 Å². The van der Waals surface area contributed by atoms with Gasteiger partial charge >= 0.3 is 6.18 Å². The van der Waals surface area contributed by atoms with E-state index in [2.05, 4.69) is 5.32 Å². The lowest BCUT2D eigenvalue weighted by Crippen LogP contribution is -2.41. The number of hydrogen-bond donors (Lipinski definition) is 2. The number of nitrogens with one attached hydrogen (secondary N) is 1. The minimum Gasteiger partial charge on any atom is -0.381 e. The molecule has 116 valence electrons. The van der Waals surface area contributed by atoms with E-state index in [-0.39, 0.29) is 6.42 Å². The molecule has 0 aliphatic heterocycles. The molecule has 2 unspecified atom stereocenters. The minimum atomic E-state index is -4.20. The highest BCUT2D eigenvalue weighted by Gasteiger charge is 2.45. The Labute approximate surface area is 121 Å². The topological polar surface area (TPSA) is 55.1 Å². The fourth-order valence-electron chi connectivity index (χ4n) is 2.95. The van der Waals surface area contributed by atoms with Gasteiger partial charge in [0.2, 0.25) is 5.91 Å². The molecule has 1 aromatic rings. The third kappa shape index (κ3) is 3.49. The number of primary amides is 1. The summed E-state index contributed by atoms with van der Waals surface area (Å²) in [6.45, 7) is 1.69. The molecular weight excluding hydrogens is 281 g/mol. The summed E-state index contributed by atoms with van der Waals surface area (Å²) >= 11 is 0. The lowest BCUT2D eigenvalue weighted by molar-refractivity contribution is -0.184. The first kappa shape index (κ1) is 15.7. The molecule has 2 atom stereocenters. The Morgan fingerprint density at radius 1 is 1.29 bits per heavy atom. The fraction of sp³-hybridized carbons (Fsp3) is 0.533. The molecule has 1 saturated carbocycles. The van der Waals surface area contributed by atoms with Gasteiger partial charge in [0.05, 0.1) is 5.92 Å². The van der Waals surface area contributed by atoms with Gasteiger partial charge in [0.1, 0.15) is 0 Å². The smallest absolute Gasteiger partial charge is 0.381 e. The molecule has 6 heteroatoms. The summed E-state index contributed by atoms with van der Waals surface area (Å²) in [4.78, 5) is 11.3. The maximum absolute atomic E-state index is 13.1. The molecule has 3 N–H and O–H groups in total. The summed E-state index contributed by atoms with van der Waals surface area (Å²) in [5.74, 6) is -1.92. The Hall–Kier alpha value is -1.72. The van der Waals surface area contributed by atoms with Crippen LogP contribution in [0.3, 0.4) is 0 Å². The standard InChI is InChI=1S/C15H19F3N2O/c1-9-10(14(19)21)5-4-8-12(9)20-13-7-3-2-6-11(13)15(16,17)18/h4-5,8,11,13,20H,2-3,6-7H2,1H3,(H2,19,21). The Balaban J connectivity index is 2.24. The first-order chi connectivity index (χ1) is 9.80. The quantitative estimate of drug-likeness (QED) is 0.895. The van der Waals surface area contributed by atoms with E-state index in [1.165, 1.54) is 0 Å². The van der Waals surface area contributed by atoms with Crippen molar-refractivity contribution in [2.75, 3.05) is 5.32 Å². The number of amides is 1. The van der Waals surface area contributed by atoms with Crippen molar-refractivity contribution in [1.29, 1.82) is 0 Å². The zero-order valence-electron chi connectivity index (χ0n) is 11.8. The highest BCUT2D eigenvalue weighted by molar-refractivity contribution is 5.95. The van der Waals surface area contributed by atoms with Crippen molar-refractivity contribution in [1.82, 2.24) is 0 Å². The molecule has 0 aromatic heterocycles.